The van der Waals surface area contributed by atoms with Crippen LogP contribution in [0.2, 0.25) is 0 Å². The van der Waals surface area contributed by atoms with Gasteiger partial charge in [-0.3, -0.25) is 4.90 Å². The van der Waals surface area contributed by atoms with Gasteiger partial charge in [0.2, 0.25) is 0 Å². The van der Waals surface area contributed by atoms with Crippen LogP contribution in [-0.4, -0.2) is 58.9 Å². The van der Waals surface area contributed by atoms with Gasteiger partial charge in [0, 0.05) is 37.5 Å². The molecule has 1 atom stereocenters. The summed E-state index contributed by atoms with van der Waals surface area (Å²) >= 11 is 0. The molecule has 0 radical (unpaired) electrons. The van der Waals surface area contributed by atoms with Crippen molar-refractivity contribution in [3.8, 4) is 17.2 Å². The van der Waals surface area contributed by atoms with Crippen molar-refractivity contribution in [2.45, 2.75) is 18.9 Å². The lowest BCUT2D eigenvalue weighted by Crippen LogP contribution is -2.35. The molecule has 1 aliphatic rings. The summed E-state index contributed by atoms with van der Waals surface area (Å²) in [5.41, 5.74) is 2.27. The van der Waals surface area contributed by atoms with E-state index in [1.165, 1.54) is 12.8 Å². The van der Waals surface area contributed by atoms with E-state index in [4.69, 9.17) is 13.9 Å². The van der Waals surface area contributed by atoms with Gasteiger partial charge in [0.25, 0.3) is 0 Å². The average molecular weight is 471 g/mol. The second-order valence-corrected chi connectivity index (χ2v) is 8.00. The van der Waals surface area contributed by atoms with Crippen molar-refractivity contribution in [2.24, 2.45) is 5.16 Å². The average Bonchev–Trinajstić information content (AvgIpc) is 3.47. The summed E-state index contributed by atoms with van der Waals surface area (Å²) in [6.45, 7) is 3.26. The minimum atomic E-state index is 0. The zero-order valence-corrected chi connectivity index (χ0v) is 19.2. The highest BCUT2D eigenvalue weighted by Crippen LogP contribution is 2.25. The van der Waals surface area contributed by atoms with E-state index in [-0.39, 0.29) is 12.4 Å². The molecule has 1 fully saturated rings. The van der Waals surface area contributed by atoms with Crippen LogP contribution in [0.1, 0.15) is 12.8 Å². The fraction of sp³-hybridized carbons (Fsp3) is 0.333. The van der Waals surface area contributed by atoms with Crippen molar-refractivity contribution in [1.29, 1.82) is 0 Å². The van der Waals surface area contributed by atoms with Crippen molar-refractivity contribution in [2.75, 3.05) is 33.4 Å². The van der Waals surface area contributed by atoms with Gasteiger partial charge in [0.15, 0.2) is 5.76 Å². The number of nitrogens with zero attached hydrogens (tertiary/aromatic N) is 4. The molecule has 4 aromatic rings. The normalized spacial score (nSPS) is 17.0. The van der Waals surface area contributed by atoms with E-state index in [1.54, 1.807) is 19.5 Å². The number of hydrogen-bond donors (Lipinski definition) is 1. The van der Waals surface area contributed by atoms with Crippen LogP contribution in [0.15, 0.2) is 64.6 Å². The third-order valence-electron chi connectivity index (χ3n) is 6.00. The monoisotopic (exact) mass is 470 g/mol. The van der Waals surface area contributed by atoms with E-state index in [1.807, 2.05) is 47.0 Å². The molecule has 9 heteroatoms. The minimum absolute atomic E-state index is 0. The first-order valence-electron chi connectivity index (χ1n) is 10.8. The Hall–Kier alpha value is -3.07. The van der Waals surface area contributed by atoms with E-state index in [0.29, 0.717) is 46.2 Å². The van der Waals surface area contributed by atoms with Gasteiger partial charge in [-0.15, -0.1) is 12.4 Å². The van der Waals surface area contributed by atoms with Crippen molar-refractivity contribution in [3.05, 3.63) is 60.3 Å². The Bertz CT molecular complexity index is 1300. The van der Waals surface area contributed by atoms with E-state index in [2.05, 4.69) is 15.0 Å². The molecule has 0 spiro atoms. The molecule has 0 unspecified atom stereocenters. The van der Waals surface area contributed by atoms with Crippen LogP contribution < -0.4 is 10.1 Å². The molecular weight excluding hydrogens is 444 g/mol. The smallest absolute Gasteiger partial charge is 0.155 e. The fourth-order valence-electron chi connectivity index (χ4n) is 4.37. The summed E-state index contributed by atoms with van der Waals surface area (Å²) in [5.74, 6) is 1.24. The predicted octanol–water partition coefficient (Wildman–Crippen LogP) is 3.95. The van der Waals surface area contributed by atoms with E-state index in [0.717, 1.165) is 25.2 Å². The number of rotatable bonds is 7. The Balaban J connectivity index is 0.00000259. The highest BCUT2D eigenvalue weighted by atomic mass is 35.5. The molecule has 33 heavy (non-hydrogen) atoms. The maximum atomic E-state index is 9.64. The second-order valence-electron chi connectivity index (χ2n) is 8.00. The van der Waals surface area contributed by atoms with Crippen molar-refractivity contribution in [3.63, 3.8) is 0 Å². The molecule has 1 N–H and O–H groups in total. The Kier molecular flexibility index (Phi) is 7.17. The molecule has 0 saturated carbocycles. The molecule has 0 amide bonds. The predicted molar refractivity (Wildman–Crippen MR) is 127 cm³/mol. The summed E-state index contributed by atoms with van der Waals surface area (Å²) in [4.78, 5) is 6.87. The number of aromatic nitrogens is 2. The summed E-state index contributed by atoms with van der Waals surface area (Å²) in [5, 5.41) is 14.2. The number of methoxy groups -OCH3 is 1. The first-order valence-corrected chi connectivity index (χ1v) is 10.8. The molecule has 1 aromatic carbocycles. The molecule has 0 aliphatic carbocycles. The fourth-order valence-corrected chi connectivity index (χ4v) is 4.37. The van der Waals surface area contributed by atoms with E-state index >= 15 is 0 Å². The Morgan fingerprint density at radius 2 is 2.15 bits per heavy atom. The van der Waals surface area contributed by atoms with Crippen LogP contribution in [0.25, 0.3) is 27.9 Å². The van der Waals surface area contributed by atoms with Crippen LogP contribution in [0.5, 0.6) is 5.75 Å². The topological polar surface area (TPSA) is 84.7 Å². The number of fused-ring (bicyclic) bond motifs is 2. The molecule has 0 bridgehead atoms. The molecule has 4 heterocycles. The number of likely N-dealkylation sites (tertiary alicyclic amines) is 1. The highest BCUT2D eigenvalue weighted by molar-refractivity contribution is 5.85. The van der Waals surface area contributed by atoms with Crippen molar-refractivity contribution >= 4 is 28.9 Å². The third kappa shape index (κ3) is 4.83. The first-order chi connectivity index (χ1) is 15.7. The van der Waals surface area contributed by atoms with Crippen molar-refractivity contribution in [1.82, 2.24) is 14.3 Å². The number of hydrogen-bond acceptors (Lipinski definition) is 7. The number of halogens is 1. The van der Waals surface area contributed by atoms with Gasteiger partial charge >= 0.3 is 0 Å². The van der Waals surface area contributed by atoms with Crippen LogP contribution in [0.4, 0.5) is 0 Å². The van der Waals surface area contributed by atoms with Gasteiger partial charge in [0.05, 0.1) is 18.3 Å². The molecule has 3 aromatic heterocycles. The molecule has 1 aliphatic heterocycles. The number of ether oxygens (including phenoxy) is 2. The number of benzene rings is 1. The highest BCUT2D eigenvalue weighted by Gasteiger charge is 2.23. The van der Waals surface area contributed by atoms with Gasteiger partial charge in [-0.2, -0.15) is 0 Å². The molecule has 8 nitrogen and oxygen atoms in total. The van der Waals surface area contributed by atoms with Crippen LogP contribution in [0, 0.1) is 0 Å². The third-order valence-corrected chi connectivity index (χ3v) is 6.00. The summed E-state index contributed by atoms with van der Waals surface area (Å²) in [6, 6.07) is 13.6. The van der Waals surface area contributed by atoms with Crippen LogP contribution >= 0.6 is 12.4 Å². The Morgan fingerprint density at radius 3 is 3.00 bits per heavy atom. The molecule has 5 rings (SSSR count). The SMILES string of the molecule is COC[C@H]1CCCN1CCOc1ccc2oc(-c3cc4cccn4cn3)cc(=NO)c2c1.Cl. The van der Waals surface area contributed by atoms with Crippen molar-refractivity contribution < 1.29 is 19.1 Å². The standard InChI is InChI=1S/C24H26N4O4.ClH/c1-30-15-18-5-3-8-27(18)10-11-31-19-6-7-23-20(13-19)21(26-29)14-24(32-23)22-12-17-4-2-9-28(17)16-25-22;/h2,4,6-7,9,12-14,16,18,29H,3,5,8,10-11,15H2,1H3;1H/t18-;/m1./s1. The van der Waals surface area contributed by atoms with Crippen LogP contribution in [-0.2, 0) is 4.74 Å². The van der Waals surface area contributed by atoms with E-state index in [9.17, 15) is 5.21 Å². The van der Waals surface area contributed by atoms with Gasteiger partial charge in [-0.25, -0.2) is 4.98 Å². The Morgan fingerprint density at radius 1 is 1.24 bits per heavy atom. The van der Waals surface area contributed by atoms with Gasteiger partial charge in [-0.05, 0) is 55.8 Å². The summed E-state index contributed by atoms with van der Waals surface area (Å²) < 4.78 is 19.3. The Labute approximate surface area is 197 Å². The maximum Gasteiger partial charge on any atom is 0.155 e. The molecule has 1 saturated heterocycles. The lowest BCUT2D eigenvalue weighted by Gasteiger charge is -2.23. The largest absolute Gasteiger partial charge is 0.492 e. The van der Waals surface area contributed by atoms with Gasteiger partial charge in [-0.1, -0.05) is 5.16 Å². The molecule has 174 valence electrons. The molecular formula is C24H27ClN4O4. The second kappa shape index (κ2) is 10.2. The minimum Gasteiger partial charge on any atom is -0.492 e. The zero-order valence-electron chi connectivity index (χ0n) is 18.4. The van der Waals surface area contributed by atoms with Gasteiger partial charge in [0.1, 0.15) is 29.0 Å². The lowest BCUT2D eigenvalue weighted by molar-refractivity contribution is 0.105. The zero-order chi connectivity index (χ0) is 21.9. The quantitative estimate of drug-likeness (QED) is 0.325. The summed E-state index contributed by atoms with van der Waals surface area (Å²) in [6.07, 6.45) is 6.03. The summed E-state index contributed by atoms with van der Waals surface area (Å²) in [7, 11) is 1.75. The van der Waals surface area contributed by atoms with Crippen LogP contribution in [0.3, 0.4) is 0 Å². The van der Waals surface area contributed by atoms with E-state index < -0.39 is 0 Å². The lowest BCUT2D eigenvalue weighted by atomic mass is 10.2. The van der Waals surface area contributed by atoms with Gasteiger partial charge < -0.3 is 23.5 Å². The maximum absolute atomic E-state index is 9.64. The first kappa shape index (κ1) is 23.1.